The van der Waals surface area contributed by atoms with E-state index in [2.05, 4.69) is 64.9 Å². The van der Waals surface area contributed by atoms with E-state index in [9.17, 15) is 24.0 Å². The number of carbonyl (C=O) groups excluding carboxylic acids is 5. The molecule has 0 aromatic rings. The quantitative estimate of drug-likeness (QED) is 0.0321. The lowest BCUT2D eigenvalue weighted by Crippen LogP contribution is -2.49. The largest absolute Gasteiger partial charge is 0.356 e. The summed E-state index contributed by atoms with van der Waals surface area (Å²) in [5.41, 5.74) is 12.1. The van der Waals surface area contributed by atoms with E-state index in [1.54, 1.807) is 0 Å². The molecule has 3 atom stereocenters. The molecule has 11 N–H and O–H groups in total. The zero-order chi connectivity index (χ0) is 43.5. The summed E-state index contributed by atoms with van der Waals surface area (Å²) < 4.78 is 0. The minimum Gasteiger partial charge on any atom is -0.356 e. The average molecular weight is 836 g/mol. The molecular formula is C45H89N9O5. The molecule has 344 valence electrons. The second-order valence-electron chi connectivity index (χ2n) is 17.9. The van der Waals surface area contributed by atoms with Crippen molar-refractivity contribution >= 4 is 29.5 Å². The van der Waals surface area contributed by atoms with E-state index in [1.807, 2.05) is 0 Å². The second-order valence-corrected chi connectivity index (χ2v) is 17.9. The summed E-state index contributed by atoms with van der Waals surface area (Å²) in [6.45, 7) is 12.2. The molecule has 0 unspecified atom stereocenters. The molecular weight excluding hydrogens is 747 g/mol. The van der Waals surface area contributed by atoms with Crippen molar-refractivity contribution in [3.63, 3.8) is 0 Å². The lowest BCUT2D eigenvalue weighted by atomic mass is 10.0. The van der Waals surface area contributed by atoms with Crippen LogP contribution in [0.25, 0.3) is 0 Å². The van der Waals surface area contributed by atoms with Gasteiger partial charge in [0.15, 0.2) is 0 Å². The lowest BCUT2D eigenvalue weighted by Gasteiger charge is -2.23. The van der Waals surface area contributed by atoms with Crippen LogP contribution in [0.15, 0.2) is 0 Å². The Labute approximate surface area is 358 Å². The normalized spacial score (nSPS) is 15.0. The zero-order valence-corrected chi connectivity index (χ0v) is 37.9. The van der Waals surface area contributed by atoms with Gasteiger partial charge < -0.3 is 48.7 Å². The molecule has 1 aliphatic rings. The van der Waals surface area contributed by atoms with Crippen molar-refractivity contribution in [1.82, 2.24) is 37.2 Å². The molecule has 14 heteroatoms. The van der Waals surface area contributed by atoms with Crippen molar-refractivity contribution in [3.05, 3.63) is 0 Å². The highest BCUT2D eigenvalue weighted by molar-refractivity contribution is 5.87. The molecule has 1 saturated carbocycles. The van der Waals surface area contributed by atoms with Gasteiger partial charge in [-0.3, -0.25) is 24.0 Å². The molecule has 0 heterocycles. The average Bonchev–Trinajstić information content (AvgIpc) is 3.44. The van der Waals surface area contributed by atoms with E-state index in [4.69, 9.17) is 11.5 Å². The molecule has 0 aromatic carbocycles. The van der Waals surface area contributed by atoms with Gasteiger partial charge in [0, 0.05) is 63.7 Å². The third-order valence-corrected chi connectivity index (χ3v) is 10.8. The summed E-state index contributed by atoms with van der Waals surface area (Å²) >= 11 is 0. The van der Waals surface area contributed by atoms with E-state index in [-0.39, 0.29) is 60.8 Å². The first-order valence-electron chi connectivity index (χ1n) is 23.7. The smallest absolute Gasteiger partial charge is 0.242 e. The maximum absolute atomic E-state index is 13.4. The molecule has 0 bridgehead atoms. The number of amides is 5. The van der Waals surface area contributed by atoms with Crippen molar-refractivity contribution in [3.8, 4) is 0 Å². The highest BCUT2D eigenvalue weighted by Crippen LogP contribution is 2.18. The van der Waals surface area contributed by atoms with Gasteiger partial charge in [-0.05, 0) is 82.5 Å². The van der Waals surface area contributed by atoms with Crippen molar-refractivity contribution in [2.24, 2.45) is 23.3 Å². The third-order valence-electron chi connectivity index (χ3n) is 10.8. The van der Waals surface area contributed by atoms with E-state index in [0.717, 1.165) is 116 Å². The third kappa shape index (κ3) is 33.6. The molecule has 0 radical (unpaired) electrons. The van der Waals surface area contributed by atoms with Gasteiger partial charge in [-0.15, -0.1) is 0 Å². The second kappa shape index (κ2) is 35.9. The predicted molar refractivity (Wildman–Crippen MR) is 240 cm³/mol. The molecule has 14 nitrogen and oxygen atoms in total. The summed E-state index contributed by atoms with van der Waals surface area (Å²) in [6.07, 6.45) is 20.6. The van der Waals surface area contributed by atoms with Gasteiger partial charge in [0.1, 0.15) is 6.04 Å². The Morgan fingerprint density at radius 3 is 1.44 bits per heavy atom. The summed E-state index contributed by atoms with van der Waals surface area (Å²) in [5, 5.41) is 21.4. The van der Waals surface area contributed by atoms with Gasteiger partial charge in [0.05, 0.1) is 13.1 Å². The van der Waals surface area contributed by atoms with Crippen LogP contribution < -0.4 is 48.7 Å². The van der Waals surface area contributed by atoms with Gasteiger partial charge in [0.2, 0.25) is 29.5 Å². The van der Waals surface area contributed by atoms with E-state index in [1.165, 1.54) is 12.8 Å². The zero-order valence-electron chi connectivity index (χ0n) is 37.9. The Morgan fingerprint density at radius 2 is 0.949 bits per heavy atom. The van der Waals surface area contributed by atoms with Crippen LogP contribution in [0.4, 0.5) is 0 Å². The first-order valence-corrected chi connectivity index (χ1v) is 23.7. The summed E-state index contributed by atoms with van der Waals surface area (Å²) in [5.74, 6) is 0.916. The Morgan fingerprint density at radius 1 is 0.525 bits per heavy atom. The Hall–Kier alpha value is -2.81. The fourth-order valence-electron chi connectivity index (χ4n) is 7.63. The van der Waals surface area contributed by atoms with Crippen molar-refractivity contribution < 1.29 is 24.0 Å². The monoisotopic (exact) mass is 836 g/mol. The number of hydrogen-bond acceptors (Lipinski definition) is 9. The summed E-state index contributed by atoms with van der Waals surface area (Å²) in [7, 11) is 0. The number of nitrogens with two attached hydrogens (primary N) is 2. The first-order chi connectivity index (χ1) is 28.3. The van der Waals surface area contributed by atoms with E-state index < -0.39 is 6.04 Å². The Balaban J connectivity index is 2.23. The molecule has 5 amide bonds. The highest BCUT2D eigenvalue weighted by atomic mass is 16.2. The molecule has 1 fully saturated rings. The van der Waals surface area contributed by atoms with Gasteiger partial charge in [-0.2, -0.15) is 0 Å². The van der Waals surface area contributed by atoms with Crippen LogP contribution in [0.1, 0.15) is 175 Å². The number of rotatable bonds is 36. The number of hydrogen-bond donors (Lipinski definition) is 9. The maximum atomic E-state index is 13.4. The molecule has 0 aliphatic heterocycles. The van der Waals surface area contributed by atoms with Crippen LogP contribution in [0.5, 0.6) is 0 Å². The minimum atomic E-state index is -0.575. The van der Waals surface area contributed by atoms with Crippen LogP contribution in [-0.4, -0.2) is 99.5 Å². The topological polar surface area (TPSA) is 222 Å². The predicted octanol–water partition coefficient (Wildman–Crippen LogP) is 4.44. The van der Waals surface area contributed by atoms with Crippen LogP contribution in [0.2, 0.25) is 0 Å². The first kappa shape index (κ1) is 54.2. The van der Waals surface area contributed by atoms with Crippen molar-refractivity contribution in [2.75, 3.05) is 45.8 Å². The Kier molecular flexibility index (Phi) is 33.0. The molecule has 1 rings (SSSR count). The minimum absolute atomic E-state index is 0.00529. The fraction of sp³-hybridized carbons (Fsp3) is 0.889. The maximum Gasteiger partial charge on any atom is 0.242 e. The van der Waals surface area contributed by atoms with Crippen LogP contribution in [-0.2, 0) is 24.0 Å². The van der Waals surface area contributed by atoms with Gasteiger partial charge >= 0.3 is 0 Å². The van der Waals surface area contributed by atoms with Crippen molar-refractivity contribution in [1.29, 1.82) is 0 Å². The highest BCUT2D eigenvalue weighted by Gasteiger charge is 2.23. The number of carbonyl (C=O) groups is 5. The van der Waals surface area contributed by atoms with Crippen molar-refractivity contribution in [2.45, 2.75) is 200 Å². The van der Waals surface area contributed by atoms with Gasteiger partial charge in [0.25, 0.3) is 0 Å². The van der Waals surface area contributed by atoms with Crippen LogP contribution in [0.3, 0.4) is 0 Å². The van der Waals surface area contributed by atoms with E-state index >= 15 is 0 Å². The SMILES string of the molecule is CC(C)C[C@H](N)CNCC(=O)NCCCCCCCC(=O)NCCCC[C@H](NC(=O)CCCCCCCNC(=O)CNC[C@@H](N)CC(C)C)C(=O)NC1CCCCCC1. The molecule has 0 aromatic heterocycles. The lowest BCUT2D eigenvalue weighted by molar-refractivity contribution is -0.129. The van der Waals surface area contributed by atoms with Gasteiger partial charge in [-0.1, -0.05) is 91.9 Å². The standard InChI is InChI=1S/C45H89N9O5/c1-35(2)29-37(46)31-48-33-43(57)51-26-18-11-5-7-15-24-41(55)50-28-20-17-23-40(45(59)53-39-21-13-9-10-14-22-39)54-42(56)25-16-8-6-12-19-27-52-44(58)34-49-32-38(47)30-36(3)4/h35-40,48-49H,5-34,46-47H2,1-4H3,(H,50,55)(H,51,57)(H,52,58)(H,53,59)(H,54,56)/t37-,38-,40-/m0/s1. The van der Waals surface area contributed by atoms with Crippen LogP contribution >= 0.6 is 0 Å². The molecule has 1 aliphatic carbocycles. The summed E-state index contributed by atoms with van der Waals surface area (Å²) in [6, 6.07) is -0.290. The molecule has 0 saturated heterocycles. The molecule has 59 heavy (non-hydrogen) atoms. The number of nitrogens with one attached hydrogen (secondary N) is 7. The fourth-order valence-corrected chi connectivity index (χ4v) is 7.63. The number of unbranched alkanes of at least 4 members (excludes halogenated alkanes) is 9. The Bertz CT molecular complexity index is 1120. The van der Waals surface area contributed by atoms with Crippen LogP contribution in [0, 0.1) is 11.8 Å². The van der Waals surface area contributed by atoms with Gasteiger partial charge in [-0.25, -0.2) is 0 Å². The van der Waals surface area contributed by atoms with E-state index in [0.29, 0.717) is 63.8 Å². The summed E-state index contributed by atoms with van der Waals surface area (Å²) in [4.78, 5) is 62.8. The molecule has 0 spiro atoms.